The van der Waals surface area contributed by atoms with Crippen LogP contribution in [0, 0.1) is 5.92 Å². The van der Waals surface area contributed by atoms with Crippen LogP contribution < -0.4 is 5.32 Å². The Kier molecular flexibility index (Phi) is 5.61. The third-order valence-electron chi connectivity index (χ3n) is 3.64. The number of hydrogen-bond acceptors (Lipinski definition) is 4. The molecule has 2 rings (SSSR count). The van der Waals surface area contributed by atoms with Gasteiger partial charge >= 0.3 is 0 Å². The van der Waals surface area contributed by atoms with Crippen LogP contribution in [-0.4, -0.2) is 33.3 Å². The van der Waals surface area contributed by atoms with Gasteiger partial charge in [0.2, 0.25) is 0 Å². The first-order chi connectivity index (χ1) is 8.88. The van der Waals surface area contributed by atoms with Crippen molar-refractivity contribution in [2.24, 2.45) is 5.92 Å². The van der Waals surface area contributed by atoms with E-state index in [1.54, 1.807) is 4.68 Å². The van der Waals surface area contributed by atoms with Gasteiger partial charge in [0.1, 0.15) is 0 Å². The van der Waals surface area contributed by atoms with Gasteiger partial charge in [-0.05, 0) is 25.3 Å². The number of nitrogens with one attached hydrogen (secondary N) is 1. The molecule has 5 nitrogen and oxygen atoms in total. The molecule has 1 aromatic rings. The third kappa shape index (κ3) is 4.38. The fraction of sp³-hybridized carbons (Fsp3) is 0.846. The molecule has 0 unspecified atom stereocenters. The maximum atomic E-state index is 8.74. The van der Waals surface area contributed by atoms with E-state index in [1.165, 1.54) is 32.1 Å². The Morgan fingerprint density at radius 3 is 3.00 bits per heavy atom. The standard InChI is InChI=1S/C13H24N4O/c18-9-3-8-17-11-13(15-16-17)10-14-7-6-12-4-1-2-5-12/h11-12,14,18H,1-10H2. The molecule has 0 spiro atoms. The molecule has 1 saturated carbocycles. The van der Waals surface area contributed by atoms with E-state index in [2.05, 4.69) is 15.6 Å². The molecule has 1 aliphatic carbocycles. The minimum atomic E-state index is 0.203. The van der Waals surface area contributed by atoms with Crippen molar-refractivity contribution in [2.75, 3.05) is 13.2 Å². The van der Waals surface area contributed by atoms with Gasteiger partial charge in [0.25, 0.3) is 0 Å². The van der Waals surface area contributed by atoms with Crippen LogP contribution in [0.25, 0.3) is 0 Å². The highest BCUT2D eigenvalue weighted by Gasteiger charge is 2.13. The van der Waals surface area contributed by atoms with Gasteiger partial charge in [-0.2, -0.15) is 0 Å². The van der Waals surface area contributed by atoms with Gasteiger partial charge in [-0.1, -0.05) is 30.9 Å². The van der Waals surface area contributed by atoms with E-state index in [9.17, 15) is 0 Å². The Morgan fingerprint density at radius 1 is 1.39 bits per heavy atom. The summed E-state index contributed by atoms with van der Waals surface area (Å²) in [6.07, 6.45) is 9.65. The second kappa shape index (κ2) is 7.48. The molecule has 0 saturated heterocycles. The lowest BCUT2D eigenvalue weighted by Gasteiger charge is -2.08. The van der Waals surface area contributed by atoms with Crippen molar-refractivity contribution < 1.29 is 5.11 Å². The average molecular weight is 252 g/mol. The van der Waals surface area contributed by atoms with Crippen LogP contribution in [0.2, 0.25) is 0 Å². The van der Waals surface area contributed by atoms with Gasteiger partial charge in [-0.15, -0.1) is 5.10 Å². The highest BCUT2D eigenvalue weighted by Crippen LogP contribution is 2.26. The molecule has 1 aromatic heterocycles. The molecule has 1 heterocycles. The zero-order valence-electron chi connectivity index (χ0n) is 11.0. The molecule has 5 heteroatoms. The number of rotatable bonds is 8. The first-order valence-electron chi connectivity index (χ1n) is 7.09. The molecule has 2 N–H and O–H groups in total. The Labute approximate surface area is 109 Å². The average Bonchev–Trinajstić information content (AvgIpc) is 3.04. The van der Waals surface area contributed by atoms with Gasteiger partial charge in [0, 0.05) is 25.9 Å². The second-order valence-corrected chi connectivity index (χ2v) is 5.17. The zero-order chi connectivity index (χ0) is 12.6. The lowest BCUT2D eigenvalue weighted by molar-refractivity contribution is 0.276. The molecule has 0 amide bonds. The lowest BCUT2D eigenvalue weighted by Crippen LogP contribution is -2.17. The number of aliphatic hydroxyl groups is 1. The fourth-order valence-corrected chi connectivity index (χ4v) is 2.58. The molecule has 0 atom stereocenters. The number of aliphatic hydroxyl groups excluding tert-OH is 1. The van der Waals surface area contributed by atoms with Crippen molar-refractivity contribution in [2.45, 2.75) is 51.6 Å². The normalized spacial score (nSPS) is 16.5. The number of hydrogen-bond donors (Lipinski definition) is 2. The summed E-state index contributed by atoms with van der Waals surface area (Å²) in [6, 6.07) is 0. The van der Waals surface area contributed by atoms with Crippen LogP contribution in [0.1, 0.15) is 44.2 Å². The quantitative estimate of drug-likeness (QED) is 0.685. The van der Waals surface area contributed by atoms with Crippen molar-refractivity contribution >= 4 is 0 Å². The molecular formula is C13H24N4O. The SMILES string of the molecule is OCCCn1cc(CNCCC2CCCC2)nn1. The lowest BCUT2D eigenvalue weighted by atomic mass is 10.0. The Balaban J connectivity index is 1.59. The first-order valence-corrected chi connectivity index (χ1v) is 7.09. The predicted octanol–water partition coefficient (Wildman–Crippen LogP) is 1.33. The summed E-state index contributed by atoms with van der Waals surface area (Å²) in [5.74, 6) is 0.942. The summed E-state index contributed by atoms with van der Waals surface area (Å²) >= 11 is 0. The number of nitrogens with zero attached hydrogens (tertiary/aromatic N) is 3. The van der Waals surface area contributed by atoms with Crippen molar-refractivity contribution in [3.05, 3.63) is 11.9 Å². The molecule has 0 aliphatic heterocycles. The summed E-state index contributed by atoms with van der Waals surface area (Å²) in [5.41, 5.74) is 0.986. The summed E-state index contributed by atoms with van der Waals surface area (Å²) in [4.78, 5) is 0. The fourth-order valence-electron chi connectivity index (χ4n) is 2.58. The molecule has 0 aromatic carbocycles. The highest BCUT2D eigenvalue weighted by molar-refractivity contribution is 4.91. The monoisotopic (exact) mass is 252 g/mol. The largest absolute Gasteiger partial charge is 0.396 e. The van der Waals surface area contributed by atoms with E-state index in [0.717, 1.165) is 37.7 Å². The van der Waals surface area contributed by atoms with Crippen LogP contribution >= 0.6 is 0 Å². The van der Waals surface area contributed by atoms with Crippen molar-refractivity contribution in [1.82, 2.24) is 20.3 Å². The van der Waals surface area contributed by atoms with Crippen LogP contribution in [-0.2, 0) is 13.1 Å². The molecule has 0 radical (unpaired) electrons. The Morgan fingerprint density at radius 2 is 2.22 bits per heavy atom. The van der Waals surface area contributed by atoms with E-state index in [0.29, 0.717) is 0 Å². The molecule has 1 aliphatic rings. The number of aromatic nitrogens is 3. The third-order valence-corrected chi connectivity index (χ3v) is 3.64. The van der Waals surface area contributed by atoms with E-state index >= 15 is 0 Å². The van der Waals surface area contributed by atoms with Crippen molar-refractivity contribution in [1.29, 1.82) is 0 Å². The molecule has 18 heavy (non-hydrogen) atoms. The maximum absolute atomic E-state index is 8.74. The Hall–Kier alpha value is -0.940. The number of aryl methyl sites for hydroxylation is 1. The predicted molar refractivity (Wildman–Crippen MR) is 70.0 cm³/mol. The van der Waals surface area contributed by atoms with E-state index in [-0.39, 0.29) is 6.61 Å². The van der Waals surface area contributed by atoms with Gasteiger partial charge in [0.05, 0.1) is 5.69 Å². The van der Waals surface area contributed by atoms with E-state index in [4.69, 9.17) is 5.11 Å². The minimum absolute atomic E-state index is 0.203. The van der Waals surface area contributed by atoms with Crippen LogP contribution in [0.4, 0.5) is 0 Å². The molecular weight excluding hydrogens is 228 g/mol. The second-order valence-electron chi connectivity index (χ2n) is 5.17. The van der Waals surface area contributed by atoms with Gasteiger partial charge in [-0.3, -0.25) is 4.68 Å². The summed E-state index contributed by atoms with van der Waals surface area (Å²) in [7, 11) is 0. The smallest absolute Gasteiger partial charge is 0.0964 e. The topological polar surface area (TPSA) is 63.0 Å². The summed E-state index contributed by atoms with van der Waals surface area (Å²) < 4.78 is 1.80. The first kappa shape index (κ1) is 13.5. The van der Waals surface area contributed by atoms with Crippen LogP contribution in [0.15, 0.2) is 6.20 Å². The Bertz CT molecular complexity index is 333. The zero-order valence-corrected chi connectivity index (χ0v) is 11.0. The maximum Gasteiger partial charge on any atom is 0.0964 e. The van der Waals surface area contributed by atoms with E-state index < -0.39 is 0 Å². The molecule has 1 fully saturated rings. The van der Waals surface area contributed by atoms with Gasteiger partial charge < -0.3 is 10.4 Å². The van der Waals surface area contributed by atoms with Crippen LogP contribution in [0.3, 0.4) is 0 Å². The minimum Gasteiger partial charge on any atom is -0.396 e. The van der Waals surface area contributed by atoms with Crippen molar-refractivity contribution in [3.63, 3.8) is 0 Å². The van der Waals surface area contributed by atoms with Gasteiger partial charge in [-0.25, -0.2) is 0 Å². The van der Waals surface area contributed by atoms with Crippen molar-refractivity contribution in [3.8, 4) is 0 Å². The summed E-state index contributed by atoms with van der Waals surface area (Å²) in [5, 5.41) is 20.3. The van der Waals surface area contributed by atoms with E-state index in [1.807, 2.05) is 6.20 Å². The van der Waals surface area contributed by atoms with Gasteiger partial charge in [0.15, 0.2) is 0 Å². The summed E-state index contributed by atoms with van der Waals surface area (Å²) in [6.45, 7) is 2.82. The van der Waals surface area contributed by atoms with Crippen LogP contribution in [0.5, 0.6) is 0 Å². The molecule has 102 valence electrons. The molecule has 0 bridgehead atoms. The highest BCUT2D eigenvalue weighted by atomic mass is 16.3.